The van der Waals surface area contributed by atoms with Crippen LogP contribution in [-0.2, 0) is 9.59 Å². The van der Waals surface area contributed by atoms with E-state index >= 15 is 0 Å². The fourth-order valence-electron chi connectivity index (χ4n) is 3.17. The molecule has 2 aromatic rings. The molecule has 154 valence electrons. The first kappa shape index (κ1) is 23.3. The number of anilines is 1. The minimum Gasteiger partial charge on any atom is -0.483 e. The van der Waals surface area contributed by atoms with Gasteiger partial charge in [-0.25, -0.2) is 0 Å². The first-order valence-electron chi connectivity index (χ1n) is 9.06. The van der Waals surface area contributed by atoms with E-state index in [1.54, 1.807) is 0 Å². The Morgan fingerprint density at radius 2 is 1.68 bits per heavy atom. The van der Waals surface area contributed by atoms with Crippen LogP contribution in [0.15, 0.2) is 24.3 Å². The minimum absolute atomic E-state index is 0.250. The third-order valence-electron chi connectivity index (χ3n) is 4.55. The van der Waals surface area contributed by atoms with E-state index in [0.717, 1.165) is 48.5 Å². The molecule has 0 amide bonds. The average Bonchev–Trinajstić information content (AvgIpc) is 2.70. The number of β-amino-alcohol motifs (C(OH)–C–C–N with tert-alkyl or cyclic N) is 1. The molecule has 0 saturated carbocycles. The average molecular weight is 392 g/mol. The van der Waals surface area contributed by atoms with E-state index in [9.17, 15) is 0 Å². The van der Waals surface area contributed by atoms with Gasteiger partial charge in [0.05, 0.1) is 12.3 Å². The van der Waals surface area contributed by atoms with Crippen molar-refractivity contribution in [1.29, 1.82) is 0 Å². The van der Waals surface area contributed by atoms with Crippen LogP contribution in [0.3, 0.4) is 0 Å². The molecule has 0 atom stereocenters. The standard InChI is InChI=1S/C17H24N4O.2CH2O2/c1-13-15-4-2-3-5-16(15)17(20-19-13)18-12-14-6-8-21(9-7-14)10-11-22;2*2-1-3/h2-5,14,22H,6-12H2,1H3,(H,18,20);2*1H,(H,2,3). The van der Waals surface area contributed by atoms with E-state index in [0.29, 0.717) is 5.92 Å². The Balaban J connectivity index is 0.000000582. The van der Waals surface area contributed by atoms with Crippen molar-refractivity contribution in [3.63, 3.8) is 0 Å². The van der Waals surface area contributed by atoms with Crippen LogP contribution in [-0.4, -0.2) is 76.1 Å². The molecular weight excluding hydrogens is 364 g/mol. The number of piperidine rings is 1. The molecule has 0 aliphatic carbocycles. The third kappa shape index (κ3) is 7.45. The van der Waals surface area contributed by atoms with Gasteiger partial charge in [-0.05, 0) is 38.8 Å². The normalized spacial score (nSPS) is 14.2. The molecule has 1 aromatic heterocycles. The molecule has 1 aliphatic heterocycles. The topological polar surface area (TPSA) is 136 Å². The lowest BCUT2D eigenvalue weighted by atomic mass is 9.97. The van der Waals surface area contributed by atoms with Gasteiger partial charge in [-0.15, -0.1) is 5.10 Å². The zero-order valence-corrected chi connectivity index (χ0v) is 16.0. The van der Waals surface area contributed by atoms with E-state index in [4.69, 9.17) is 24.9 Å². The fraction of sp³-hybridized carbons (Fsp3) is 0.474. The number of benzene rings is 1. The van der Waals surface area contributed by atoms with Crippen molar-refractivity contribution in [3.05, 3.63) is 30.0 Å². The predicted octanol–water partition coefficient (Wildman–Crippen LogP) is 1.46. The molecule has 0 radical (unpaired) electrons. The van der Waals surface area contributed by atoms with Gasteiger partial charge in [-0.2, -0.15) is 5.10 Å². The third-order valence-corrected chi connectivity index (χ3v) is 4.55. The quantitative estimate of drug-likeness (QED) is 0.557. The number of likely N-dealkylation sites (tertiary alicyclic amines) is 1. The van der Waals surface area contributed by atoms with Gasteiger partial charge in [0.2, 0.25) is 0 Å². The van der Waals surface area contributed by atoms with E-state index in [2.05, 4.69) is 32.5 Å². The number of aliphatic hydroxyl groups excluding tert-OH is 1. The molecule has 2 heterocycles. The van der Waals surface area contributed by atoms with Crippen molar-refractivity contribution >= 4 is 29.5 Å². The maximum absolute atomic E-state index is 8.99. The Morgan fingerprint density at radius 3 is 2.25 bits per heavy atom. The summed E-state index contributed by atoms with van der Waals surface area (Å²) in [5.41, 5.74) is 0.971. The summed E-state index contributed by atoms with van der Waals surface area (Å²) >= 11 is 0. The van der Waals surface area contributed by atoms with E-state index in [-0.39, 0.29) is 19.6 Å². The van der Waals surface area contributed by atoms with Gasteiger partial charge in [0.15, 0.2) is 5.82 Å². The Labute approximate surface area is 164 Å². The van der Waals surface area contributed by atoms with E-state index in [1.807, 2.05) is 19.1 Å². The van der Waals surface area contributed by atoms with Gasteiger partial charge >= 0.3 is 0 Å². The SMILES string of the molecule is Cc1nnc(NCC2CCN(CCO)CC2)c2ccccc12.O=CO.O=CO. The molecule has 1 fully saturated rings. The maximum atomic E-state index is 8.99. The van der Waals surface area contributed by atoms with Crippen molar-refractivity contribution in [1.82, 2.24) is 15.1 Å². The van der Waals surface area contributed by atoms with Crippen LogP contribution in [0, 0.1) is 12.8 Å². The molecule has 1 aliphatic rings. The highest BCUT2D eigenvalue weighted by atomic mass is 16.3. The largest absolute Gasteiger partial charge is 0.483 e. The summed E-state index contributed by atoms with van der Waals surface area (Å²) < 4.78 is 0. The monoisotopic (exact) mass is 392 g/mol. The highest BCUT2D eigenvalue weighted by Crippen LogP contribution is 2.23. The number of hydrogen-bond donors (Lipinski definition) is 4. The summed E-state index contributed by atoms with van der Waals surface area (Å²) in [6.07, 6.45) is 2.34. The van der Waals surface area contributed by atoms with Crippen LogP contribution in [0.25, 0.3) is 10.8 Å². The molecular formula is C19H28N4O5. The van der Waals surface area contributed by atoms with Crippen molar-refractivity contribution < 1.29 is 24.9 Å². The van der Waals surface area contributed by atoms with Gasteiger partial charge in [-0.1, -0.05) is 24.3 Å². The number of nitrogens with one attached hydrogen (secondary N) is 1. The Kier molecular flexibility index (Phi) is 11.1. The Hall–Kier alpha value is -2.78. The Morgan fingerprint density at radius 1 is 1.11 bits per heavy atom. The predicted molar refractivity (Wildman–Crippen MR) is 106 cm³/mol. The van der Waals surface area contributed by atoms with Gasteiger partial charge in [-0.3, -0.25) is 9.59 Å². The van der Waals surface area contributed by atoms with Crippen LogP contribution < -0.4 is 5.32 Å². The second-order valence-corrected chi connectivity index (χ2v) is 6.28. The summed E-state index contributed by atoms with van der Waals surface area (Å²) in [6.45, 7) is 5.65. The number of nitrogens with zero attached hydrogens (tertiary/aromatic N) is 3. The highest BCUT2D eigenvalue weighted by molar-refractivity contribution is 5.92. The van der Waals surface area contributed by atoms with Crippen LogP contribution in [0.5, 0.6) is 0 Å². The Bertz CT molecular complexity index is 715. The van der Waals surface area contributed by atoms with Gasteiger partial charge in [0.1, 0.15) is 0 Å². The molecule has 1 saturated heterocycles. The number of carboxylic acid groups (broad SMARTS) is 2. The summed E-state index contributed by atoms with van der Waals surface area (Å²) in [7, 11) is 0. The van der Waals surface area contributed by atoms with Crippen molar-refractivity contribution in [2.75, 3.05) is 38.1 Å². The van der Waals surface area contributed by atoms with Gasteiger partial charge < -0.3 is 25.5 Å². The minimum atomic E-state index is -0.250. The van der Waals surface area contributed by atoms with Crippen molar-refractivity contribution in [2.45, 2.75) is 19.8 Å². The first-order valence-corrected chi connectivity index (χ1v) is 9.06. The summed E-state index contributed by atoms with van der Waals surface area (Å²) in [5.74, 6) is 1.55. The van der Waals surface area contributed by atoms with Gasteiger partial charge in [0.25, 0.3) is 12.9 Å². The van der Waals surface area contributed by atoms with Crippen LogP contribution in [0.1, 0.15) is 18.5 Å². The molecule has 4 N–H and O–H groups in total. The zero-order chi connectivity index (χ0) is 20.8. The number of carbonyl (C=O) groups is 2. The molecule has 28 heavy (non-hydrogen) atoms. The zero-order valence-electron chi connectivity index (χ0n) is 16.0. The summed E-state index contributed by atoms with van der Waals surface area (Å²) in [5, 5.41) is 37.2. The lowest BCUT2D eigenvalue weighted by Gasteiger charge is -2.31. The second kappa shape index (κ2) is 13.4. The highest BCUT2D eigenvalue weighted by Gasteiger charge is 2.19. The number of hydrogen-bond acceptors (Lipinski definition) is 7. The molecule has 3 rings (SSSR count). The summed E-state index contributed by atoms with van der Waals surface area (Å²) in [6, 6.07) is 8.28. The number of fused-ring (bicyclic) bond motifs is 1. The number of aryl methyl sites for hydroxylation is 1. The van der Waals surface area contributed by atoms with Crippen LogP contribution in [0.2, 0.25) is 0 Å². The van der Waals surface area contributed by atoms with Crippen molar-refractivity contribution in [2.24, 2.45) is 5.92 Å². The fourth-order valence-corrected chi connectivity index (χ4v) is 3.17. The molecule has 9 heteroatoms. The lowest BCUT2D eigenvalue weighted by molar-refractivity contribution is -0.123. The van der Waals surface area contributed by atoms with Crippen LogP contribution >= 0.6 is 0 Å². The molecule has 0 unspecified atom stereocenters. The smallest absolute Gasteiger partial charge is 0.290 e. The number of aromatic nitrogens is 2. The van der Waals surface area contributed by atoms with E-state index < -0.39 is 0 Å². The van der Waals surface area contributed by atoms with Gasteiger partial charge in [0, 0.05) is 23.9 Å². The molecule has 9 nitrogen and oxygen atoms in total. The van der Waals surface area contributed by atoms with Crippen molar-refractivity contribution in [3.8, 4) is 0 Å². The number of aliphatic hydroxyl groups is 1. The molecule has 0 spiro atoms. The first-order chi connectivity index (χ1) is 13.6. The second-order valence-electron chi connectivity index (χ2n) is 6.28. The number of rotatable bonds is 5. The molecule has 1 aromatic carbocycles. The summed E-state index contributed by atoms with van der Waals surface area (Å²) in [4.78, 5) is 19.1. The van der Waals surface area contributed by atoms with Crippen LogP contribution in [0.4, 0.5) is 5.82 Å². The lowest BCUT2D eigenvalue weighted by Crippen LogP contribution is -2.37. The molecule has 0 bridgehead atoms. The maximum Gasteiger partial charge on any atom is 0.290 e. The van der Waals surface area contributed by atoms with E-state index in [1.165, 1.54) is 12.8 Å².